The molecule has 0 unspecified atom stereocenters. The number of aliphatic hydroxyl groups is 1. The third-order valence-electron chi connectivity index (χ3n) is 2.02. The Bertz CT molecular complexity index is 205. The van der Waals surface area contributed by atoms with Crippen molar-refractivity contribution in [2.24, 2.45) is 5.10 Å². The van der Waals surface area contributed by atoms with Crippen molar-refractivity contribution >= 4 is 11.8 Å². The van der Waals surface area contributed by atoms with Crippen molar-refractivity contribution in [3.05, 3.63) is 0 Å². The Morgan fingerprint density at radius 3 is 2.77 bits per heavy atom. The normalized spacial score (nSPS) is 22.3. The molecule has 13 heavy (non-hydrogen) atoms. The molecule has 0 aromatic rings. The van der Waals surface area contributed by atoms with Crippen molar-refractivity contribution in [2.45, 2.75) is 31.8 Å². The van der Waals surface area contributed by atoms with Crippen LogP contribution in [0, 0.1) is 0 Å². The first-order chi connectivity index (χ1) is 6.22. The predicted octanol–water partition coefficient (Wildman–Crippen LogP) is 0.633. The number of ether oxygens (including phenoxy) is 1. The fourth-order valence-electron chi connectivity index (χ4n) is 1.22. The van der Waals surface area contributed by atoms with Gasteiger partial charge in [-0.05, 0) is 25.7 Å². The van der Waals surface area contributed by atoms with Crippen LogP contribution in [0.25, 0.3) is 0 Å². The summed E-state index contributed by atoms with van der Waals surface area (Å²) < 4.78 is 4.36. The quantitative estimate of drug-likeness (QED) is 0.590. The van der Waals surface area contributed by atoms with E-state index in [9.17, 15) is 9.90 Å². The second-order valence-electron chi connectivity index (χ2n) is 3.01. The highest BCUT2D eigenvalue weighted by Gasteiger charge is 2.14. The van der Waals surface area contributed by atoms with Gasteiger partial charge in [-0.15, -0.1) is 0 Å². The van der Waals surface area contributed by atoms with Crippen molar-refractivity contribution in [3.8, 4) is 0 Å². The number of amides is 1. The molecule has 0 saturated heterocycles. The molecule has 5 nitrogen and oxygen atoms in total. The molecule has 0 aromatic carbocycles. The zero-order chi connectivity index (χ0) is 9.68. The monoisotopic (exact) mass is 186 g/mol. The van der Waals surface area contributed by atoms with Gasteiger partial charge >= 0.3 is 6.09 Å². The largest absolute Gasteiger partial charge is 0.452 e. The first-order valence-electron chi connectivity index (χ1n) is 4.30. The van der Waals surface area contributed by atoms with Crippen LogP contribution in [-0.2, 0) is 4.74 Å². The van der Waals surface area contributed by atoms with Gasteiger partial charge in [0.05, 0.1) is 13.2 Å². The van der Waals surface area contributed by atoms with Gasteiger partial charge in [-0.25, -0.2) is 10.2 Å². The van der Waals surface area contributed by atoms with E-state index in [0.29, 0.717) is 0 Å². The van der Waals surface area contributed by atoms with Gasteiger partial charge in [-0.2, -0.15) is 5.10 Å². The third-order valence-corrected chi connectivity index (χ3v) is 2.02. The third kappa shape index (κ3) is 3.42. The number of nitrogens with zero attached hydrogens (tertiary/aromatic N) is 1. The van der Waals surface area contributed by atoms with Gasteiger partial charge in [0.15, 0.2) is 0 Å². The number of carbonyl (C=O) groups is 1. The fraction of sp³-hybridized carbons (Fsp3) is 0.750. The Balaban J connectivity index is 2.31. The standard InChI is InChI=1S/C8H14N2O3/c1-13-8(12)10-9-6-2-4-7(11)5-3-6/h7,11H,2-5H2,1H3,(H,10,12). The number of nitrogens with one attached hydrogen (secondary N) is 1. The van der Waals surface area contributed by atoms with E-state index in [4.69, 9.17) is 0 Å². The lowest BCUT2D eigenvalue weighted by Crippen LogP contribution is -2.23. The van der Waals surface area contributed by atoms with E-state index >= 15 is 0 Å². The van der Waals surface area contributed by atoms with Crippen molar-refractivity contribution in [3.63, 3.8) is 0 Å². The summed E-state index contributed by atoms with van der Waals surface area (Å²) in [5, 5.41) is 13.1. The molecule has 0 aromatic heterocycles. The van der Waals surface area contributed by atoms with Crippen LogP contribution in [0.1, 0.15) is 25.7 Å². The van der Waals surface area contributed by atoms with Crippen LogP contribution in [0.5, 0.6) is 0 Å². The number of hydrogen-bond acceptors (Lipinski definition) is 4. The van der Waals surface area contributed by atoms with Gasteiger partial charge < -0.3 is 9.84 Å². The van der Waals surface area contributed by atoms with Crippen molar-refractivity contribution in [1.82, 2.24) is 5.43 Å². The predicted molar refractivity (Wildman–Crippen MR) is 47.5 cm³/mol. The minimum absolute atomic E-state index is 0.211. The number of rotatable bonds is 1. The number of carbonyl (C=O) groups excluding carboxylic acids is 1. The van der Waals surface area contributed by atoms with Crippen molar-refractivity contribution < 1.29 is 14.6 Å². The Morgan fingerprint density at radius 2 is 2.23 bits per heavy atom. The number of hydrogen-bond donors (Lipinski definition) is 2. The summed E-state index contributed by atoms with van der Waals surface area (Å²) in [5.74, 6) is 0. The van der Waals surface area contributed by atoms with E-state index < -0.39 is 6.09 Å². The van der Waals surface area contributed by atoms with Gasteiger partial charge in [0.1, 0.15) is 0 Å². The molecule has 0 spiro atoms. The minimum atomic E-state index is -0.557. The first kappa shape index (κ1) is 9.98. The molecule has 1 amide bonds. The molecule has 0 heterocycles. The van der Waals surface area contributed by atoms with E-state index in [2.05, 4.69) is 15.3 Å². The van der Waals surface area contributed by atoms with Crippen LogP contribution in [0.2, 0.25) is 0 Å². The van der Waals surface area contributed by atoms with Crippen molar-refractivity contribution in [2.75, 3.05) is 7.11 Å². The SMILES string of the molecule is COC(=O)NN=C1CCC(O)CC1. The van der Waals surface area contributed by atoms with Crippen LogP contribution in [0.3, 0.4) is 0 Å². The zero-order valence-electron chi connectivity index (χ0n) is 7.62. The summed E-state index contributed by atoms with van der Waals surface area (Å²) in [6, 6.07) is 0. The van der Waals surface area contributed by atoms with Crippen LogP contribution >= 0.6 is 0 Å². The fourth-order valence-corrected chi connectivity index (χ4v) is 1.22. The van der Waals surface area contributed by atoms with Gasteiger partial charge in [-0.3, -0.25) is 0 Å². The Kier molecular flexibility index (Phi) is 3.70. The van der Waals surface area contributed by atoms with E-state index in [1.807, 2.05) is 0 Å². The van der Waals surface area contributed by atoms with Crippen LogP contribution in [0.15, 0.2) is 5.10 Å². The Morgan fingerprint density at radius 1 is 1.62 bits per heavy atom. The highest BCUT2D eigenvalue weighted by molar-refractivity contribution is 5.86. The number of methoxy groups -OCH3 is 1. The lowest BCUT2D eigenvalue weighted by atomic mass is 9.96. The number of aliphatic hydroxyl groups excluding tert-OH is 1. The molecule has 5 heteroatoms. The topological polar surface area (TPSA) is 70.9 Å². The van der Waals surface area contributed by atoms with Gasteiger partial charge in [-0.1, -0.05) is 0 Å². The lowest BCUT2D eigenvalue weighted by Gasteiger charge is -2.17. The maximum atomic E-state index is 10.6. The molecule has 0 aliphatic heterocycles. The minimum Gasteiger partial charge on any atom is -0.452 e. The molecule has 74 valence electrons. The summed E-state index contributed by atoms with van der Waals surface area (Å²) in [4.78, 5) is 10.6. The first-order valence-corrected chi connectivity index (χ1v) is 4.30. The van der Waals surface area contributed by atoms with Crippen molar-refractivity contribution in [1.29, 1.82) is 0 Å². The molecule has 1 saturated carbocycles. The maximum absolute atomic E-state index is 10.6. The summed E-state index contributed by atoms with van der Waals surface area (Å²) >= 11 is 0. The molecule has 0 atom stereocenters. The molecule has 0 radical (unpaired) electrons. The number of hydrazone groups is 1. The average molecular weight is 186 g/mol. The van der Waals surface area contributed by atoms with E-state index in [-0.39, 0.29) is 6.10 Å². The lowest BCUT2D eigenvalue weighted by molar-refractivity contribution is 0.152. The summed E-state index contributed by atoms with van der Waals surface area (Å²) in [7, 11) is 1.29. The molecule has 1 aliphatic rings. The van der Waals surface area contributed by atoms with E-state index in [0.717, 1.165) is 31.4 Å². The van der Waals surface area contributed by atoms with Gasteiger partial charge in [0.25, 0.3) is 0 Å². The van der Waals surface area contributed by atoms with Gasteiger partial charge in [0, 0.05) is 5.71 Å². The highest BCUT2D eigenvalue weighted by Crippen LogP contribution is 2.15. The molecule has 1 aliphatic carbocycles. The second-order valence-corrected chi connectivity index (χ2v) is 3.01. The molecule has 2 N–H and O–H groups in total. The van der Waals surface area contributed by atoms with E-state index in [1.54, 1.807) is 0 Å². The van der Waals surface area contributed by atoms with Crippen LogP contribution in [0.4, 0.5) is 4.79 Å². The highest BCUT2D eigenvalue weighted by atomic mass is 16.5. The molecule has 0 bridgehead atoms. The molecular formula is C8H14N2O3. The molecule has 1 fully saturated rings. The average Bonchev–Trinajstić information content (AvgIpc) is 2.16. The molecule has 1 rings (SSSR count). The van der Waals surface area contributed by atoms with Crippen LogP contribution < -0.4 is 5.43 Å². The summed E-state index contributed by atoms with van der Waals surface area (Å²) in [6.45, 7) is 0. The summed E-state index contributed by atoms with van der Waals surface area (Å²) in [6.07, 6.45) is 2.16. The zero-order valence-corrected chi connectivity index (χ0v) is 7.62. The molecular weight excluding hydrogens is 172 g/mol. The van der Waals surface area contributed by atoms with Crippen LogP contribution in [-0.4, -0.2) is 30.1 Å². The van der Waals surface area contributed by atoms with Gasteiger partial charge in [0.2, 0.25) is 0 Å². The Labute approximate surface area is 76.8 Å². The van der Waals surface area contributed by atoms with E-state index in [1.165, 1.54) is 7.11 Å². The Hall–Kier alpha value is -1.10. The second kappa shape index (κ2) is 4.81. The smallest absolute Gasteiger partial charge is 0.427 e. The summed E-state index contributed by atoms with van der Waals surface area (Å²) in [5.41, 5.74) is 3.17. The maximum Gasteiger partial charge on any atom is 0.427 e.